The van der Waals surface area contributed by atoms with E-state index in [9.17, 15) is 14.4 Å². The molecule has 0 radical (unpaired) electrons. The molecule has 3 amide bonds. The van der Waals surface area contributed by atoms with E-state index in [1.54, 1.807) is 0 Å². The van der Waals surface area contributed by atoms with Gasteiger partial charge in [0.2, 0.25) is 5.91 Å². The van der Waals surface area contributed by atoms with Crippen LogP contribution in [0, 0.1) is 5.41 Å². The van der Waals surface area contributed by atoms with Crippen molar-refractivity contribution in [1.82, 2.24) is 10.2 Å². The Morgan fingerprint density at radius 1 is 1.19 bits per heavy atom. The summed E-state index contributed by atoms with van der Waals surface area (Å²) < 4.78 is 0. The second kappa shape index (κ2) is 5.55. The third kappa shape index (κ3) is 3.39. The average molecular weight is 290 g/mol. The number of rotatable bonds is 3. The van der Waals surface area contributed by atoms with E-state index in [2.05, 4.69) is 5.32 Å². The lowest BCUT2D eigenvalue weighted by Crippen LogP contribution is -2.42. The highest BCUT2D eigenvalue weighted by atomic mass is 16.4. The van der Waals surface area contributed by atoms with E-state index < -0.39 is 23.3 Å². The van der Waals surface area contributed by atoms with Crippen molar-refractivity contribution in [2.75, 3.05) is 0 Å². The molecule has 112 valence electrons. The van der Waals surface area contributed by atoms with Crippen molar-refractivity contribution in [1.29, 1.82) is 0 Å². The van der Waals surface area contributed by atoms with Crippen LogP contribution >= 0.6 is 0 Å². The monoisotopic (exact) mass is 290 g/mol. The van der Waals surface area contributed by atoms with Gasteiger partial charge < -0.3 is 10.0 Å². The molecule has 21 heavy (non-hydrogen) atoms. The molecule has 0 aliphatic carbocycles. The zero-order chi connectivity index (χ0) is 15.6. The molecule has 0 unspecified atom stereocenters. The summed E-state index contributed by atoms with van der Waals surface area (Å²) in [6, 6.07) is 7.20. The summed E-state index contributed by atoms with van der Waals surface area (Å²) in [6.45, 7) is 3.81. The van der Waals surface area contributed by atoms with Crippen LogP contribution in [0.3, 0.4) is 0 Å². The van der Waals surface area contributed by atoms with E-state index in [1.807, 2.05) is 24.3 Å². The van der Waals surface area contributed by atoms with E-state index in [4.69, 9.17) is 5.11 Å². The fraction of sp³-hybridized carbons (Fsp3) is 0.400. The topological polar surface area (TPSA) is 86.7 Å². The number of nitrogens with zero attached hydrogens (tertiary/aromatic N) is 1. The van der Waals surface area contributed by atoms with E-state index in [1.165, 1.54) is 18.7 Å². The van der Waals surface area contributed by atoms with Crippen LogP contribution in [0.15, 0.2) is 24.3 Å². The third-order valence-electron chi connectivity index (χ3n) is 3.56. The Kier molecular flexibility index (Phi) is 3.97. The van der Waals surface area contributed by atoms with Gasteiger partial charge in [-0.2, -0.15) is 0 Å². The minimum absolute atomic E-state index is 0.241. The second-order valence-electron chi connectivity index (χ2n) is 5.84. The van der Waals surface area contributed by atoms with Gasteiger partial charge >= 0.3 is 12.0 Å². The predicted octanol–water partition coefficient (Wildman–Crippen LogP) is 1.74. The Hall–Kier alpha value is -2.37. The molecule has 2 N–H and O–H groups in total. The van der Waals surface area contributed by atoms with Gasteiger partial charge in [-0.05, 0) is 25.0 Å². The highest BCUT2D eigenvalue weighted by Gasteiger charge is 2.32. The molecule has 0 spiro atoms. The first-order chi connectivity index (χ1) is 9.79. The maximum atomic E-state index is 12.0. The van der Waals surface area contributed by atoms with E-state index in [-0.39, 0.29) is 6.42 Å². The Bertz CT molecular complexity index is 570. The number of carbonyl (C=O) groups is 3. The molecule has 0 atom stereocenters. The molecule has 6 heteroatoms. The van der Waals surface area contributed by atoms with Crippen molar-refractivity contribution >= 4 is 17.9 Å². The maximum absolute atomic E-state index is 12.0. The van der Waals surface area contributed by atoms with E-state index >= 15 is 0 Å². The van der Waals surface area contributed by atoms with Crippen LogP contribution in [0.4, 0.5) is 4.79 Å². The molecule has 0 aromatic heterocycles. The van der Waals surface area contributed by atoms with Crippen LogP contribution in [0.1, 0.15) is 31.4 Å². The first-order valence-electron chi connectivity index (χ1n) is 6.68. The van der Waals surface area contributed by atoms with Gasteiger partial charge in [-0.25, -0.2) is 4.79 Å². The fourth-order valence-corrected chi connectivity index (χ4v) is 2.20. The normalized spacial score (nSPS) is 13.7. The molecule has 2 rings (SSSR count). The van der Waals surface area contributed by atoms with Gasteiger partial charge in [0.1, 0.15) is 0 Å². The Morgan fingerprint density at radius 2 is 1.71 bits per heavy atom. The molecule has 1 aromatic rings. The van der Waals surface area contributed by atoms with Gasteiger partial charge in [-0.15, -0.1) is 0 Å². The molecule has 0 fully saturated rings. The van der Waals surface area contributed by atoms with Gasteiger partial charge in [-0.1, -0.05) is 24.3 Å². The van der Waals surface area contributed by atoms with Crippen molar-refractivity contribution in [3.05, 3.63) is 35.4 Å². The Balaban J connectivity index is 1.92. The molecule has 6 nitrogen and oxygen atoms in total. The average Bonchev–Trinajstić information content (AvgIpc) is 2.81. The lowest BCUT2D eigenvalue weighted by Gasteiger charge is -2.20. The zero-order valence-electron chi connectivity index (χ0n) is 12.0. The number of carboxylic acids is 1. The number of fused-ring (bicyclic) bond motifs is 1. The lowest BCUT2D eigenvalue weighted by atomic mass is 9.89. The van der Waals surface area contributed by atoms with Crippen LogP contribution in [-0.4, -0.2) is 27.9 Å². The van der Waals surface area contributed by atoms with Gasteiger partial charge in [0, 0.05) is 19.5 Å². The minimum atomic E-state index is -1.20. The van der Waals surface area contributed by atoms with Gasteiger partial charge in [0.15, 0.2) is 0 Å². The fourth-order valence-electron chi connectivity index (χ4n) is 2.20. The highest BCUT2D eigenvalue weighted by Crippen LogP contribution is 2.23. The number of hydrogen-bond donors (Lipinski definition) is 2. The first kappa shape index (κ1) is 15.0. The van der Waals surface area contributed by atoms with Crippen LogP contribution < -0.4 is 5.32 Å². The van der Waals surface area contributed by atoms with Crippen LogP contribution in [-0.2, 0) is 22.7 Å². The number of imide groups is 1. The smallest absolute Gasteiger partial charge is 0.324 e. The number of nitrogens with one attached hydrogen (secondary N) is 1. The molecular weight excluding hydrogens is 272 g/mol. The largest absolute Gasteiger partial charge is 0.481 e. The second-order valence-corrected chi connectivity index (χ2v) is 5.84. The molecule has 0 saturated heterocycles. The summed E-state index contributed by atoms with van der Waals surface area (Å²) in [7, 11) is 0. The number of carboxylic acid groups (broad SMARTS) is 1. The number of aliphatic carboxylic acids is 1. The van der Waals surface area contributed by atoms with Crippen molar-refractivity contribution in [2.45, 2.75) is 33.4 Å². The quantitative estimate of drug-likeness (QED) is 0.887. The van der Waals surface area contributed by atoms with Crippen molar-refractivity contribution in [3.8, 4) is 0 Å². The number of carbonyl (C=O) groups excluding carboxylic acids is 2. The molecule has 1 aliphatic heterocycles. The summed E-state index contributed by atoms with van der Waals surface area (Å²) >= 11 is 0. The van der Waals surface area contributed by atoms with Crippen molar-refractivity contribution in [3.63, 3.8) is 0 Å². The van der Waals surface area contributed by atoms with E-state index in [0.29, 0.717) is 13.1 Å². The highest BCUT2D eigenvalue weighted by molar-refractivity contribution is 5.96. The first-order valence-corrected chi connectivity index (χ1v) is 6.68. The maximum Gasteiger partial charge on any atom is 0.324 e. The lowest BCUT2D eigenvalue weighted by molar-refractivity contribution is -0.149. The summed E-state index contributed by atoms with van der Waals surface area (Å²) in [4.78, 5) is 36.3. The van der Waals surface area contributed by atoms with E-state index in [0.717, 1.165) is 11.1 Å². The summed E-state index contributed by atoms with van der Waals surface area (Å²) in [5, 5.41) is 11.2. The van der Waals surface area contributed by atoms with Crippen LogP contribution in [0.25, 0.3) is 0 Å². The third-order valence-corrected chi connectivity index (χ3v) is 3.56. The summed E-state index contributed by atoms with van der Waals surface area (Å²) in [5.74, 6) is -1.65. The number of amides is 3. The van der Waals surface area contributed by atoms with Crippen molar-refractivity contribution in [2.24, 2.45) is 5.41 Å². The minimum Gasteiger partial charge on any atom is -0.481 e. The van der Waals surface area contributed by atoms with Crippen molar-refractivity contribution < 1.29 is 19.5 Å². The SMILES string of the molecule is CC(C)(CC(=O)NC(=O)N1Cc2ccccc2C1)C(=O)O. The molecule has 1 aromatic carbocycles. The number of benzene rings is 1. The van der Waals surface area contributed by atoms with Crippen LogP contribution in [0.2, 0.25) is 0 Å². The molecule has 1 aliphatic rings. The Labute approximate surface area is 122 Å². The summed E-state index contributed by atoms with van der Waals surface area (Å²) in [6.07, 6.45) is -0.241. The number of urea groups is 1. The van der Waals surface area contributed by atoms with Gasteiger partial charge in [0.25, 0.3) is 0 Å². The number of hydrogen-bond acceptors (Lipinski definition) is 3. The van der Waals surface area contributed by atoms with Gasteiger partial charge in [-0.3, -0.25) is 14.9 Å². The van der Waals surface area contributed by atoms with Crippen LogP contribution in [0.5, 0.6) is 0 Å². The van der Waals surface area contributed by atoms with Gasteiger partial charge in [0.05, 0.1) is 5.41 Å². The molecule has 0 saturated carbocycles. The molecular formula is C15H18N2O4. The predicted molar refractivity (Wildman–Crippen MR) is 75.3 cm³/mol. The molecule has 0 bridgehead atoms. The standard InChI is InChI=1S/C15H18N2O4/c1-15(2,13(19)20)7-12(18)16-14(21)17-8-10-5-3-4-6-11(10)9-17/h3-6H,7-9H2,1-2H3,(H,19,20)(H,16,18,21). The Morgan fingerprint density at radius 3 is 2.19 bits per heavy atom. The summed E-state index contributed by atoms with van der Waals surface area (Å²) in [5.41, 5.74) is 0.926. The zero-order valence-corrected chi connectivity index (χ0v) is 12.0. The molecule has 1 heterocycles.